The van der Waals surface area contributed by atoms with E-state index in [-0.39, 0.29) is 24.3 Å². The summed E-state index contributed by atoms with van der Waals surface area (Å²) in [6.45, 7) is 1.02. The van der Waals surface area contributed by atoms with Gasteiger partial charge in [0.15, 0.2) is 0 Å². The number of nitrogens with zero attached hydrogens (tertiary/aromatic N) is 2. The molecule has 5 nitrogen and oxygen atoms in total. The second kappa shape index (κ2) is 4.53. The summed E-state index contributed by atoms with van der Waals surface area (Å²) in [5.41, 5.74) is 0. The van der Waals surface area contributed by atoms with E-state index >= 15 is 0 Å². The van der Waals surface area contributed by atoms with Crippen molar-refractivity contribution in [3.8, 4) is 0 Å². The average Bonchev–Trinajstić information content (AvgIpc) is 3.24. The Balaban J connectivity index is 1.63. The Hall–Kier alpha value is -1.10. The van der Waals surface area contributed by atoms with Crippen molar-refractivity contribution in [2.75, 3.05) is 19.7 Å². The molecule has 2 saturated carbocycles. The van der Waals surface area contributed by atoms with E-state index in [1.165, 1.54) is 0 Å². The predicted octanol–water partition coefficient (Wildman–Crippen LogP) is -0.0194. The normalized spacial score (nSPS) is 27.7. The first-order chi connectivity index (χ1) is 8.70. The molecule has 1 heterocycles. The van der Waals surface area contributed by atoms with Gasteiger partial charge >= 0.3 is 0 Å². The molecule has 1 atom stereocenters. The topological polar surface area (TPSA) is 60.9 Å². The molecule has 100 valence electrons. The summed E-state index contributed by atoms with van der Waals surface area (Å²) in [5.74, 6) is 0.0314. The summed E-state index contributed by atoms with van der Waals surface area (Å²) in [6, 6.07) is 0.720. The van der Waals surface area contributed by atoms with Gasteiger partial charge in [-0.25, -0.2) is 0 Å². The lowest BCUT2D eigenvalue weighted by molar-refractivity contribution is -0.136. The van der Waals surface area contributed by atoms with Crippen molar-refractivity contribution in [3.63, 3.8) is 0 Å². The lowest BCUT2D eigenvalue weighted by Crippen LogP contribution is -2.40. The summed E-state index contributed by atoms with van der Waals surface area (Å²) in [5, 5.41) is 9.04. The molecule has 1 N–H and O–H groups in total. The van der Waals surface area contributed by atoms with Crippen LogP contribution in [0.5, 0.6) is 0 Å². The van der Waals surface area contributed by atoms with Gasteiger partial charge in [-0.15, -0.1) is 0 Å². The fourth-order valence-corrected chi connectivity index (χ4v) is 2.84. The first-order valence-corrected chi connectivity index (χ1v) is 6.91. The molecule has 5 heteroatoms. The first kappa shape index (κ1) is 12.0. The molecule has 2 aliphatic carbocycles. The van der Waals surface area contributed by atoms with Crippen LogP contribution in [0.4, 0.5) is 0 Å². The highest BCUT2D eigenvalue weighted by Gasteiger charge is 2.44. The highest BCUT2D eigenvalue weighted by Crippen LogP contribution is 2.35. The summed E-state index contributed by atoms with van der Waals surface area (Å²) >= 11 is 0. The van der Waals surface area contributed by atoms with E-state index < -0.39 is 0 Å². The van der Waals surface area contributed by atoms with E-state index in [4.69, 9.17) is 5.11 Å². The van der Waals surface area contributed by atoms with Gasteiger partial charge in [0.25, 0.3) is 0 Å². The van der Waals surface area contributed by atoms with Crippen LogP contribution in [-0.4, -0.2) is 58.5 Å². The van der Waals surface area contributed by atoms with E-state index in [1.54, 1.807) is 4.90 Å². The van der Waals surface area contributed by atoms with Gasteiger partial charge in [0, 0.05) is 31.6 Å². The zero-order chi connectivity index (χ0) is 12.7. The number of amides is 2. The number of likely N-dealkylation sites (tertiary alicyclic amines) is 1. The number of hydrogen-bond donors (Lipinski definition) is 1. The molecule has 3 rings (SSSR count). The number of aliphatic hydroxyl groups is 1. The summed E-state index contributed by atoms with van der Waals surface area (Å²) in [4.78, 5) is 27.9. The van der Waals surface area contributed by atoms with Crippen molar-refractivity contribution in [2.45, 2.75) is 44.2 Å². The summed E-state index contributed by atoms with van der Waals surface area (Å²) in [7, 11) is 0. The Kier molecular flexibility index (Phi) is 3.01. The van der Waals surface area contributed by atoms with Crippen LogP contribution in [0.3, 0.4) is 0 Å². The van der Waals surface area contributed by atoms with E-state index in [9.17, 15) is 9.59 Å². The monoisotopic (exact) mass is 252 g/mol. The van der Waals surface area contributed by atoms with Crippen LogP contribution >= 0.6 is 0 Å². The van der Waals surface area contributed by atoms with Crippen LogP contribution in [0.15, 0.2) is 0 Å². The Morgan fingerprint density at radius 2 is 2.06 bits per heavy atom. The lowest BCUT2D eigenvalue weighted by Gasteiger charge is -2.24. The smallest absolute Gasteiger partial charge is 0.228 e. The molecule has 1 saturated heterocycles. The number of carbonyl (C=O) groups is 2. The number of aliphatic hydroxyl groups excluding tert-OH is 1. The fourth-order valence-electron chi connectivity index (χ4n) is 2.84. The zero-order valence-electron chi connectivity index (χ0n) is 10.5. The van der Waals surface area contributed by atoms with Gasteiger partial charge in [0.05, 0.1) is 12.5 Å². The van der Waals surface area contributed by atoms with Crippen molar-refractivity contribution < 1.29 is 14.7 Å². The van der Waals surface area contributed by atoms with Crippen molar-refractivity contribution in [2.24, 2.45) is 5.92 Å². The van der Waals surface area contributed by atoms with Gasteiger partial charge in [-0.3, -0.25) is 9.59 Å². The molecule has 0 spiro atoms. The van der Waals surface area contributed by atoms with Gasteiger partial charge in [-0.05, 0) is 25.7 Å². The fraction of sp³-hybridized carbons (Fsp3) is 0.846. The minimum absolute atomic E-state index is 0.00917. The summed E-state index contributed by atoms with van der Waals surface area (Å²) in [6.07, 6.45) is 4.63. The maximum absolute atomic E-state index is 12.4. The van der Waals surface area contributed by atoms with Gasteiger partial charge in [0.1, 0.15) is 0 Å². The highest BCUT2D eigenvalue weighted by atomic mass is 16.3. The molecule has 3 aliphatic rings. The SMILES string of the molecule is O=C1CC(C(=O)N(CCO)C2CC2)CN1C1CC1. The van der Waals surface area contributed by atoms with Crippen LogP contribution < -0.4 is 0 Å². The molecular weight excluding hydrogens is 232 g/mol. The van der Waals surface area contributed by atoms with Gasteiger partial charge in [0.2, 0.25) is 11.8 Å². The molecule has 2 amide bonds. The molecule has 0 aromatic heterocycles. The third-order valence-corrected chi connectivity index (χ3v) is 4.11. The molecule has 0 radical (unpaired) electrons. The third-order valence-electron chi connectivity index (χ3n) is 4.11. The zero-order valence-corrected chi connectivity index (χ0v) is 10.5. The Bertz CT molecular complexity index is 363. The van der Waals surface area contributed by atoms with E-state index in [1.807, 2.05) is 4.90 Å². The van der Waals surface area contributed by atoms with Crippen LogP contribution in [0.1, 0.15) is 32.1 Å². The van der Waals surface area contributed by atoms with Crippen molar-refractivity contribution >= 4 is 11.8 Å². The van der Waals surface area contributed by atoms with Crippen LogP contribution in [0.2, 0.25) is 0 Å². The van der Waals surface area contributed by atoms with Crippen molar-refractivity contribution in [1.82, 2.24) is 9.80 Å². The third kappa shape index (κ3) is 2.23. The van der Waals surface area contributed by atoms with Crippen LogP contribution in [0, 0.1) is 5.92 Å². The second-order valence-corrected chi connectivity index (χ2v) is 5.66. The molecule has 0 aromatic carbocycles. The van der Waals surface area contributed by atoms with Crippen molar-refractivity contribution in [1.29, 1.82) is 0 Å². The van der Waals surface area contributed by atoms with Crippen molar-refractivity contribution in [3.05, 3.63) is 0 Å². The Morgan fingerprint density at radius 1 is 1.33 bits per heavy atom. The number of carbonyl (C=O) groups excluding carboxylic acids is 2. The predicted molar refractivity (Wildman–Crippen MR) is 64.7 cm³/mol. The molecule has 1 aliphatic heterocycles. The minimum Gasteiger partial charge on any atom is -0.395 e. The minimum atomic E-state index is -0.176. The highest BCUT2D eigenvalue weighted by molar-refractivity contribution is 5.89. The Morgan fingerprint density at radius 3 is 2.61 bits per heavy atom. The van der Waals surface area contributed by atoms with Crippen LogP contribution in [-0.2, 0) is 9.59 Å². The molecule has 3 fully saturated rings. The average molecular weight is 252 g/mol. The first-order valence-electron chi connectivity index (χ1n) is 6.91. The molecule has 18 heavy (non-hydrogen) atoms. The van der Waals surface area contributed by atoms with Gasteiger partial charge in [-0.2, -0.15) is 0 Å². The lowest BCUT2D eigenvalue weighted by atomic mass is 10.1. The van der Waals surface area contributed by atoms with Gasteiger partial charge < -0.3 is 14.9 Å². The molecular formula is C13H20N2O3. The maximum Gasteiger partial charge on any atom is 0.228 e. The van der Waals surface area contributed by atoms with E-state index in [0.717, 1.165) is 25.7 Å². The standard InChI is InChI=1S/C13H20N2O3/c16-6-5-14(10-1-2-10)13(18)9-7-12(17)15(8-9)11-3-4-11/h9-11,16H,1-8H2. The van der Waals surface area contributed by atoms with Crippen LogP contribution in [0.25, 0.3) is 0 Å². The summed E-state index contributed by atoms with van der Waals surface area (Å²) < 4.78 is 0. The number of hydrogen-bond acceptors (Lipinski definition) is 3. The van der Waals surface area contributed by atoms with Gasteiger partial charge in [-0.1, -0.05) is 0 Å². The number of rotatable bonds is 5. The van der Waals surface area contributed by atoms with E-state index in [2.05, 4.69) is 0 Å². The Labute approximate surface area is 107 Å². The second-order valence-electron chi connectivity index (χ2n) is 5.66. The molecule has 1 unspecified atom stereocenters. The maximum atomic E-state index is 12.4. The quantitative estimate of drug-likeness (QED) is 0.748. The molecule has 0 bridgehead atoms. The van der Waals surface area contributed by atoms with E-state index in [0.29, 0.717) is 31.6 Å². The largest absolute Gasteiger partial charge is 0.395 e. The molecule has 0 aromatic rings.